The topological polar surface area (TPSA) is 64.3 Å². The van der Waals surface area contributed by atoms with Gasteiger partial charge in [0, 0.05) is 19.2 Å². The maximum Gasteiger partial charge on any atom is 0.254 e. The average molecular weight is 274 g/mol. The van der Waals surface area contributed by atoms with Crippen LogP contribution in [0.15, 0.2) is 18.2 Å². The van der Waals surface area contributed by atoms with E-state index in [1.54, 1.807) is 14.0 Å². The Labute approximate surface area is 117 Å². The van der Waals surface area contributed by atoms with Crippen molar-refractivity contribution in [1.29, 1.82) is 5.26 Å². The van der Waals surface area contributed by atoms with Gasteiger partial charge in [-0.2, -0.15) is 5.26 Å². The Kier molecular flexibility index (Phi) is 5.71. The number of aliphatic hydroxyl groups excluding tert-OH is 1. The van der Waals surface area contributed by atoms with Crippen molar-refractivity contribution in [2.75, 3.05) is 20.2 Å². The molecule has 1 atom stereocenters. The van der Waals surface area contributed by atoms with Gasteiger partial charge in [0.25, 0.3) is 5.91 Å². The van der Waals surface area contributed by atoms with Gasteiger partial charge in [-0.1, -0.05) is 11.8 Å². The third-order valence-corrected chi connectivity index (χ3v) is 2.63. The molecule has 4 nitrogen and oxygen atoms in total. The normalized spacial score (nSPS) is 10.9. The van der Waals surface area contributed by atoms with Crippen molar-refractivity contribution in [3.05, 3.63) is 35.1 Å². The zero-order chi connectivity index (χ0) is 15.1. The standard InChI is InChI=1S/C15H15FN2O2/c1-11(9-17)10-18(2)15(20)14-6-5-13(16)8-12(14)4-3-7-19/h5-6,8,11,19H,7,10H2,1-2H3. The van der Waals surface area contributed by atoms with Crippen LogP contribution in [-0.2, 0) is 0 Å². The monoisotopic (exact) mass is 274 g/mol. The predicted molar refractivity (Wildman–Crippen MR) is 72.1 cm³/mol. The quantitative estimate of drug-likeness (QED) is 0.847. The first-order chi connectivity index (χ1) is 9.49. The van der Waals surface area contributed by atoms with Crippen LogP contribution in [0.2, 0.25) is 0 Å². The fourth-order valence-electron chi connectivity index (χ4n) is 1.68. The van der Waals surface area contributed by atoms with Gasteiger partial charge >= 0.3 is 0 Å². The Morgan fingerprint density at radius 1 is 1.55 bits per heavy atom. The molecule has 104 valence electrons. The predicted octanol–water partition coefficient (Wildman–Crippen LogP) is 1.40. The minimum atomic E-state index is -0.503. The summed E-state index contributed by atoms with van der Waals surface area (Å²) >= 11 is 0. The summed E-state index contributed by atoms with van der Waals surface area (Å²) in [5, 5.41) is 17.4. The molecule has 0 aliphatic rings. The number of benzene rings is 1. The molecule has 0 saturated carbocycles. The minimum absolute atomic E-state index is 0.223. The van der Waals surface area contributed by atoms with Gasteiger partial charge in [0.15, 0.2) is 0 Å². The highest BCUT2D eigenvalue weighted by atomic mass is 19.1. The lowest BCUT2D eigenvalue weighted by atomic mass is 10.1. The molecule has 5 heteroatoms. The van der Waals surface area contributed by atoms with Gasteiger partial charge in [-0.05, 0) is 25.1 Å². The molecular weight excluding hydrogens is 259 g/mol. The highest BCUT2D eigenvalue weighted by molar-refractivity contribution is 5.96. The molecule has 1 amide bonds. The Bertz CT molecular complexity index is 596. The highest BCUT2D eigenvalue weighted by Gasteiger charge is 2.17. The molecule has 0 heterocycles. The average Bonchev–Trinajstić information content (AvgIpc) is 2.44. The summed E-state index contributed by atoms with van der Waals surface area (Å²) in [6, 6.07) is 5.73. The molecule has 1 aromatic rings. The molecule has 0 aromatic heterocycles. The number of hydrogen-bond acceptors (Lipinski definition) is 3. The highest BCUT2D eigenvalue weighted by Crippen LogP contribution is 2.13. The molecule has 0 bridgehead atoms. The molecule has 1 N–H and O–H groups in total. The summed E-state index contributed by atoms with van der Waals surface area (Å²) in [4.78, 5) is 13.6. The molecule has 0 saturated heterocycles. The van der Waals surface area contributed by atoms with Gasteiger partial charge in [-0.15, -0.1) is 0 Å². The lowest BCUT2D eigenvalue weighted by molar-refractivity contribution is 0.0785. The fourth-order valence-corrected chi connectivity index (χ4v) is 1.68. The molecule has 1 aromatic carbocycles. The van der Waals surface area contributed by atoms with Crippen LogP contribution in [0.5, 0.6) is 0 Å². The van der Waals surface area contributed by atoms with Crippen LogP contribution in [-0.4, -0.2) is 36.1 Å². The maximum atomic E-state index is 13.2. The van der Waals surface area contributed by atoms with Gasteiger partial charge in [0.1, 0.15) is 12.4 Å². The van der Waals surface area contributed by atoms with Crippen molar-refractivity contribution in [3.8, 4) is 17.9 Å². The number of carbonyl (C=O) groups is 1. The molecule has 0 fully saturated rings. The van der Waals surface area contributed by atoms with Crippen molar-refractivity contribution in [2.45, 2.75) is 6.92 Å². The van der Waals surface area contributed by atoms with Gasteiger partial charge in [0.05, 0.1) is 17.6 Å². The van der Waals surface area contributed by atoms with E-state index in [2.05, 4.69) is 11.8 Å². The second kappa shape index (κ2) is 7.28. The van der Waals surface area contributed by atoms with Crippen LogP contribution >= 0.6 is 0 Å². The van der Waals surface area contributed by atoms with E-state index in [-0.39, 0.29) is 36.1 Å². The third kappa shape index (κ3) is 4.08. The molecule has 0 aliphatic carbocycles. The van der Waals surface area contributed by atoms with E-state index in [9.17, 15) is 9.18 Å². The van der Waals surface area contributed by atoms with E-state index in [1.807, 2.05) is 6.07 Å². The lowest BCUT2D eigenvalue weighted by Gasteiger charge is -2.19. The summed E-state index contributed by atoms with van der Waals surface area (Å²) in [7, 11) is 1.57. The van der Waals surface area contributed by atoms with Crippen LogP contribution in [0.1, 0.15) is 22.8 Å². The first-order valence-corrected chi connectivity index (χ1v) is 6.04. The van der Waals surface area contributed by atoms with Crippen molar-refractivity contribution in [1.82, 2.24) is 4.90 Å². The molecule has 20 heavy (non-hydrogen) atoms. The second-order valence-electron chi connectivity index (χ2n) is 4.37. The smallest absolute Gasteiger partial charge is 0.254 e. The lowest BCUT2D eigenvalue weighted by Crippen LogP contribution is -2.31. The molecule has 0 spiro atoms. The molecular formula is C15H15FN2O2. The number of aliphatic hydroxyl groups is 1. The third-order valence-electron chi connectivity index (χ3n) is 2.63. The van der Waals surface area contributed by atoms with E-state index in [4.69, 9.17) is 10.4 Å². The van der Waals surface area contributed by atoms with E-state index in [1.165, 1.54) is 17.0 Å². The zero-order valence-electron chi connectivity index (χ0n) is 11.4. The number of rotatable bonds is 3. The minimum Gasteiger partial charge on any atom is -0.384 e. The summed E-state index contributed by atoms with van der Waals surface area (Å²) in [6.45, 7) is 1.62. The second-order valence-corrected chi connectivity index (χ2v) is 4.37. The summed E-state index contributed by atoms with van der Waals surface area (Å²) in [5.74, 6) is 3.81. The number of hydrogen-bond donors (Lipinski definition) is 1. The van der Waals surface area contributed by atoms with E-state index in [0.717, 1.165) is 6.07 Å². The summed E-state index contributed by atoms with van der Waals surface area (Å²) in [6.07, 6.45) is 0. The SMILES string of the molecule is CC(C#N)CN(C)C(=O)c1ccc(F)cc1C#CCO. The van der Waals surface area contributed by atoms with Crippen molar-refractivity contribution in [2.24, 2.45) is 5.92 Å². The first kappa shape index (κ1) is 15.7. The van der Waals surface area contributed by atoms with Gasteiger partial charge in [0.2, 0.25) is 0 Å². The van der Waals surface area contributed by atoms with Gasteiger partial charge in [-0.3, -0.25) is 4.79 Å². The van der Waals surface area contributed by atoms with Gasteiger partial charge in [-0.25, -0.2) is 4.39 Å². The van der Waals surface area contributed by atoms with Gasteiger partial charge < -0.3 is 10.0 Å². The molecule has 0 radical (unpaired) electrons. The number of amides is 1. The van der Waals surface area contributed by atoms with Crippen LogP contribution in [0.25, 0.3) is 0 Å². The van der Waals surface area contributed by atoms with Crippen molar-refractivity contribution in [3.63, 3.8) is 0 Å². The maximum absolute atomic E-state index is 13.2. The largest absolute Gasteiger partial charge is 0.384 e. The van der Waals surface area contributed by atoms with E-state index in [0.29, 0.717) is 0 Å². The fraction of sp³-hybridized carbons (Fsp3) is 0.333. The first-order valence-electron chi connectivity index (χ1n) is 6.04. The van der Waals surface area contributed by atoms with Crippen molar-refractivity contribution < 1.29 is 14.3 Å². The Morgan fingerprint density at radius 2 is 2.25 bits per heavy atom. The molecule has 0 aliphatic heterocycles. The molecule has 1 unspecified atom stereocenters. The number of nitrogens with zero attached hydrogens (tertiary/aromatic N) is 2. The van der Waals surface area contributed by atoms with Crippen LogP contribution in [0.3, 0.4) is 0 Å². The van der Waals surface area contributed by atoms with Crippen LogP contribution in [0, 0.1) is 34.9 Å². The van der Waals surface area contributed by atoms with E-state index < -0.39 is 5.82 Å². The van der Waals surface area contributed by atoms with Crippen LogP contribution < -0.4 is 0 Å². The van der Waals surface area contributed by atoms with Crippen molar-refractivity contribution >= 4 is 5.91 Å². The molecule has 1 rings (SSSR count). The number of carbonyl (C=O) groups excluding carboxylic acids is 1. The van der Waals surface area contributed by atoms with E-state index >= 15 is 0 Å². The Balaban J connectivity index is 3.06. The number of nitriles is 1. The van der Waals surface area contributed by atoms with Crippen LogP contribution in [0.4, 0.5) is 4.39 Å². The number of halogens is 1. The summed E-state index contributed by atoms with van der Waals surface area (Å²) < 4.78 is 13.2. The summed E-state index contributed by atoms with van der Waals surface area (Å²) in [5.41, 5.74) is 0.473. The Hall–Kier alpha value is -2.37. The Morgan fingerprint density at radius 3 is 2.85 bits per heavy atom. The zero-order valence-corrected chi connectivity index (χ0v) is 11.4.